The molecule has 4 rings (SSSR count). The molecule has 0 saturated carbocycles. The number of carbonyl (C=O) groups is 1. The van der Waals surface area contributed by atoms with E-state index in [1.165, 1.54) is 20.3 Å². The second kappa shape index (κ2) is 10.3. The fraction of sp³-hybridized carbons (Fsp3) is 0.130. The van der Waals surface area contributed by atoms with Gasteiger partial charge in [-0.25, -0.2) is 9.59 Å². The molecule has 0 saturated heterocycles. The first-order valence-electron chi connectivity index (χ1n) is 9.72. The van der Waals surface area contributed by atoms with Crippen LogP contribution >= 0.6 is 34.7 Å². The third kappa shape index (κ3) is 4.77. The Morgan fingerprint density at radius 1 is 1.15 bits per heavy atom. The second-order valence-electron chi connectivity index (χ2n) is 6.81. The predicted molar refractivity (Wildman–Crippen MR) is 130 cm³/mol. The van der Waals surface area contributed by atoms with Gasteiger partial charge in [-0.3, -0.25) is 0 Å². The number of esters is 1. The number of hydrogen-bond donors (Lipinski definition) is 0. The van der Waals surface area contributed by atoms with Crippen molar-refractivity contribution in [1.82, 2.24) is 4.37 Å². The predicted octanol–water partition coefficient (Wildman–Crippen LogP) is 5.33. The van der Waals surface area contributed by atoms with E-state index >= 15 is 0 Å². The van der Waals surface area contributed by atoms with Gasteiger partial charge in [0.1, 0.15) is 25.0 Å². The molecule has 4 aromatic rings. The van der Waals surface area contributed by atoms with Gasteiger partial charge in [-0.2, -0.15) is 4.37 Å². The number of rotatable bonds is 7. The standard InChI is InChI=1S/C23H16Cl2N2O6S/c1-30-23(29)20(26-31-2)14-6-4-3-5-12(14)11-32-13-7-8-15-16(10-18(28)33-17(15)9-13)21-19(24)22(25)27-34-21/h3-10H,11H2,1-2H3/b26-20+. The van der Waals surface area contributed by atoms with E-state index in [-0.39, 0.29) is 22.5 Å². The van der Waals surface area contributed by atoms with Crippen LogP contribution in [0, 0.1) is 0 Å². The molecule has 34 heavy (non-hydrogen) atoms. The van der Waals surface area contributed by atoms with Crippen molar-refractivity contribution >= 4 is 57.4 Å². The van der Waals surface area contributed by atoms with Gasteiger partial charge < -0.3 is 18.7 Å². The van der Waals surface area contributed by atoms with Crippen LogP contribution in [0.3, 0.4) is 0 Å². The first-order chi connectivity index (χ1) is 16.4. The third-order valence-corrected chi connectivity index (χ3v) is 6.62. The molecule has 2 aromatic carbocycles. The van der Waals surface area contributed by atoms with Crippen LogP contribution in [0.15, 0.2) is 62.9 Å². The van der Waals surface area contributed by atoms with Gasteiger partial charge in [0.2, 0.25) is 0 Å². The Morgan fingerprint density at radius 2 is 1.94 bits per heavy atom. The van der Waals surface area contributed by atoms with E-state index in [4.69, 9.17) is 41.9 Å². The molecule has 0 N–H and O–H groups in total. The lowest BCUT2D eigenvalue weighted by molar-refractivity contribution is -0.132. The van der Waals surface area contributed by atoms with Gasteiger partial charge in [0, 0.05) is 28.6 Å². The van der Waals surface area contributed by atoms with Crippen molar-refractivity contribution in [2.24, 2.45) is 5.16 Å². The van der Waals surface area contributed by atoms with Crippen LogP contribution in [0.2, 0.25) is 10.2 Å². The fourth-order valence-corrected chi connectivity index (χ4v) is 4.53. The highest BCUT2D eigenvalue weighted by molar-refractivity contribution is 7.11. The topological polar surface area (TPSA) is 100 Å². The molecule has 0 aliphatic heterocycles. The molecule has 8 nitrogen and oxygen atoms in total. The summed E-state index contributed by atoms with van der Waals surface area (Å²) in [6.45, 7) is 0.0988. The molecular formula is C23H16Cl2N2O6S. The molecule has 0 unspecified atom stereocenters. The van der Waals surface area contributed by atoms with Crippen molar-refractivity contribution in [2.45, 2.75) is 6.61 Å². The Balaban J connectivity index is 1.66. The van der Waals surface area contributed by atoms with Crippen molar-refractivity contribution in [3.05, 3.63) is 80.3 Å². The van der Waals surface area contributed by atoms with Gasteiger partial charge in [0.15, 0.2) is 10.9 Å². The van der Waals surface area contributed by atoms with Crippen molar-refractivity contribution in [3.63, 3.8) is 0 Å². The monoisotopic (exact) mass is 518 g/mol. The van der Waals surface area contributed by atoms with Crippen LogP contribution < -0.4 is 10.4 Å². The van der Waals surface area contributed by atoms with E-state index in [0.717, 1.165) is 11.5 Å². The number of carbonyl (C=O) groups excluding carboxylic acids is 1. The van der Waals surface area contributed by atoms with Crippen molar-refractivity contribution in [1.29, 1.82) is 0 Å². The SMILES string of the molecule is CO/N=C(/C(=O)OC)c1ccccc1COc1ccc2c(-c3snc(Cl)c3Cl)cc(=O)oc2c1. The van der Waals surface area contributed by atoms with E-state index in [1.807, 2.05) is 0 Å². The molecule has 11 heteroatoms. The maximum Gasteiger partial charge on any atom is 0.360 e. The molecule has 0 bridgehead atoms. The Labute approximate surface area is 207 Å². The van der Waals surface area contributed by atoms with Gasteiger partial charge in [-0.15, -0.1) is 0 Å². The van der Waals surface area contributed by atoms with Gasteiger partial charge in [-0.05, 0) is 29.2 Å². The van der Waals surface area contributed by atoms with Crippen LogP contribution in [0.4, 0.5) is 0 Å². The average molecular weight is 519 g/mol. The minimum absolute atomic E-state index is 0.0125. The van der Waals surface area contributed by atoms with Gasteiger partial charge in [-0.1, -0.05) is 52.6 Å². The number of aromatic nitrogens is 1. The Morgan fingerprint density at radius 3 is 2.65 bits per heavy atom. The molecule has 0 radical (unpaired) electrons. The summed E-state index contributed by atoms with van der Waals surface area (Å²) in [5.74, 6) is -0.199. The molecule has 0 spiro atoms. The van der Waals surface area contributed by atoms with Crippen LogP contribution in [-0.2, 0) is 21.0 Å². The van der Waals surface area contributed by atoms with E-state index in [1.54, 1.807) is 42.5 Å². The van der Waals surface area contributed by atoms with Gasteiger partial charge in [0.25, 0.3) is 0 Å². The summed E-state index contributed by atoms with van der Waals surface area (Å²) in [4.78, 5) is 29.7. The summed E-state index contributed by atoms with van der Waals surface area (Å²) in [7, 11) is 2.60. The first kappa shape index (κ1) is 23.7. The third-order valence-electron chi connectivity index (χ3n) is 4.79. The first-order valence-corrected chi connectivity index (χ1v) is 11.2. The lowest BCUT2D eigenvalue weighted by atomic mass is 10.0. The number of methoxy groups -OCH3 is 1. The van der Waals surface area contributed by atoms with Gasteiger partial charge >= 0.3 is 11.6 Å². The number of oxime groups is 1. The fourth-order valence-electron chi connectivity index (χ4n) is 3.27. The smallest absolute Gasteiger partial charge is 0.360 e. The van der Waals surface area contributed by atoms with Crippen molar-refractivity contribution < 1.29 is 23.5 Å². The molecule has 0 fully saturated rings. The number of hydrogen-bond acceptors (Lipinski definition) is 9. The van der Waals surface area contributed by atoms with Crippen LogP contribution in [0.25, 0.3) is 21.4 Å². The van der Waals surface area contributed by atoms with Crippen LogP contribution in [-0.4, -0.2) is 30.3 Å². The Kier molecular flexibility index (Phi) is 7.16. The summed E-state index contributed by atoms with van der Waals surface area (Å²) >= 11 is 13.3. The summed E-state index contributed by atoms with van der Waals surface area (Å²) < 4.78 is 20.1. The quantitative estimate of drug-likeness (QED) is 0.141. The number of halogens is 2. The van der Waals surface area contributed by atoms with Crippen LogP contribution in [0.1, 0.15) is 11.1 Å². The summed E-state index contributed by atoms with van der Waals surface area (Å²) in [5.41, 5.74) is 1.51. The number of benzene rings is 2. The zero-order chi connectivity index (χ0) is 24.2. The summed E-state index contributed by atoms with van der Waals surface area (Å²) in [5, 5.41) is 4.88. The molecule has 0 atom stereocenters. The van der Waals surface area contributed by atoms with Crippen molar-refractivity contribution in [3.8, 4) is 16.2 Å². The number of ether oxygens (including phenoxy) is 2. The molecule has 0 aliphatic rings. The maximum atomic E-state index is 12.2. The lowest BCUT2D eigenvalue weighted by Gasteiger charge is -2.12. The average Bonchev–Trinajstić information content (AvgIpc) is 3.18. The summed E-state index contributed by atoms with van der Waals surface area (Å²) in [6, 6.07) is 13.5. The molecule has 0 aliphatic carbocycles. The molecule has 0 amide bonds. The second-order valence-corrected chi connectivity index (χ2v) is 8.32. The molecule has 2 heterocycles. The normalized spacial score (nSPS) is 11.5. The molecule has 174 valence electrons. The Bertz CT molecular complexity index is 1460. The lowest BCUT2D eigenvalue weighted by Crippen LogP contribution is -2.19. The molecular weight excluding hydrogens is 503 g/mol. The minimum Gasteiger partial charge on any atom is -0.489 e. The van der Waals surface area contributed by atoms with E-state index in [0.29, 0.717) is 38.3 Å². The molecule has 2 aromatic heterocycles. The van der Waals surface area contributed by atoms with E-state index in [9.17, 15) is 9.59 Å². The zero-order valence-corrected chi connectivity index (χ0v) is 20.2. The highest BCUT2D eigenvalue weighted by atomic mass is 35.5. The van der Waals surface area contributed by atoms with Crippen molar-refractivity contribution in [2.75, 3.05) is 14.2 Å². The maximum absolute atomic E-state index is 12.2. The van der Waals surface area contributed by atoms with Crippen LogP contribution in [0.5, 0.6) is 5.75 Å². The number of nitrogens with zero attached hydrogens (tertiary/aromatic N) is 2. The highest BCUT2D eigenvalue weighted by Gasteiger charge is 2.20. The largest absolute Gasteiger partial charge is 0.489 e. The zero-order valence-electron chi connectivity index (χ0n) is 17.8. The Hall–Kier alpha value is -3.40. The number of fused-ring (bicyclic) bond motifs is 1. The minimum atomic E-state index is -0.642. The summed E-state index contributed by atoms with van der Waals surface area (Å²) in [6.07, 6.45) is 0. The van der Waals surface area contributed by atoms with E-state index < -0.39 is 11.6 Å². The highest BCUT2D eigenvalue weighted by Crippen LogP contribution is 2.40. The van der Waals surface area contributed by atoms with Gasteiger partial charge in [0.05, 0.1) is 17.0 Å². The van der Waals surface area contributed by atoms with E-state index in [2.05, 4.69) is 9.53 Å².